The number of carbonyl (C=O) groups is 2. The smallest absolute Gasteiger partial charge is 0.263 e. The fourth-order valence-electron chi connectivity index (χ4n) is 4.13. The van der Waals surface area contributed by atoms with Gasteiger partial charge in [0, 0.05) is 25.7 Å². The van der Waals surface area contributed by atoms with E-state index in [1.165, 1.54) is 22.5 Å². The number of rotatable bonds is 6. The molecule has 1 aliphatic carbocycles. The van der Waals surface area contributed by atoms with Crippen LogP contribution in [-0.2, 0) is 11.3 Å². The summed E-state index contributed by atoms with van der Waals surface area (Å²) in [5, 5.41) is 1.93. The molecule has 1 atom stereocenters. The van der Waals surface area contributed by atoms with Gasteiger partial charge >= 0.3 is 0 Å². The Hall–Kier alpha value is -2.14. The van der Waals surface area contributed by atoms with Crippen molar-refractivity contribution in [2.75, 3.05) is 13.1 Å². The van der Waals surface area contributed by atoms with Gasteiger partial charge in [-0.15, -0.1) is 11.3 Å². The Bertz CT molecular complexity index is 840. The number of piperidine rings is 1. The van der Waals surface area contributed by atoms with E-state index in [9.17, 15) is 9.59 Å². The molecule has 4 rings (SSSR count). The van der Waals surface area contributed by atoms with Crippen molar-refractivity contribution < 1.29 is 9.59 Å². The van der Waals surface area contributed by atoms with E-state index in [1.54, 1.807) is 0 Å². The third-order valence-electron chi connectivity index (χ3n) is 6.06. The minimum atomic E-state index is -0.0804. The maximum absolute atomic E-state index is 13.4. The van der Waals surface area contributed by atoms with Crippen molar-refractivity contribution in [3.8, 4) is 0 Å². The van der Waals surface area contributed by atoms with Crippen molar-refractivity contribution in [2.45, 2.75) is 58.0 Å². The molecule has 4 nitrogen and oxygen atoms in total. The third kappa shape index (κ3) is 4.72. The molecule has 1 unspecified atom stereocenters. The summed E-state index contributed by atoms with van der Waals surface area (Å²) in [7, 11) is 0. The minimum Gasteiger partial charge on any atom is -0.337 e. The van der Waals surface area contributed by atoms with Crippen LogP contribution >= 0.6 is 11.3 Å². The van der Waals surface area contributed by atoms with Crippen LogP contribution in [0.15, 0.2) is 41.8 Å². The lowest BCUT2D eigenvalue weighted by Gasteiger charge is -2.35. The van der Waals surface area contributed by atoms with Crippen LogP contribution in [0, 0.1) is 5.92 Å². The molecule has 29 heavy (non-hydrogen) atoms. The van der Waals surface area contributed by atoms with Crippen molar-refractivity contribution in [3.05, 3.63) is 57.8 Å². The normalized spacial score (nSPS) is 19.4. The Morgan fingerprint density at radius 3 is 2.52 bits per heavy atom. The van der Waals surface area contributed by atoms with Crippen molar-refractivity contribution in [3.63, 3.8) is 0 Å². The van der Waals surface area contributed by atoms with Gasteiger partial charge in [0.05, 0.1) is 10.8 Å². The summed E-state index contributed by atoms with van der Waals surface area (Å²) >= 11 is 1.47. The molecule has 154 valence electrons. The van der Waals surface area contributed by atoms with Gasteiger partial charge < -0.3 is 9.80 Å². The SMILES string of the molecule is CC(C)c1ccc(CN(C(=O)C2CCCN(C(=O)c3cccs3)C2)C2CC2)cc1. The summed E-state index contributed by atoms with van der Waals surface area (Å²) in [6.45, 7) is 6.37. The van der Waals surface area contributed by atoms with E-state index in [-0.39, 0.29) is 17.7 Å². The number of likely N-dealkylation sites (tertiary alicyclic amines) is 1. The Balaban J connectivity index is 1.43. The standard InChI is InChI=1S/C24H30N2O2S/c1-17(2)19-9-7-18(8-10-19)15-26(21-11-12-21)23(27)20-5-3-13-25(16-20)24(28)22-6-4-14-29-22/h4,6-10,14,17,20-21H,3,5,11-13,15-16H2,1-2H3. The Morgan fingerprint density at radius 2 is 1.90 bits per heavy atom. The zero-order chi connectivity index (χ0) is 20.4. The first-order valence-corrected chi connectivity index (χ1v) is 11.6. The Kier molecular flexibility index (Phi) is 6.04. The first kappa shape index (κ1) is 20.1. The van der Waals surface area contributed by atoms with E-state index < -0.39 is 0 Å². The second-order valence-corrected chi connectivity index (χ2v) is 9.61. The predicted molar refractivity (Wildman–Crippen MR) is 117 cm³/mol. The quantitative estimate of drug-likeness (QED) is 0.678. The summed E-state index contributed by atoms with van der Waals surface area (Å²) in [5.74, 6) is 0.728. The molecule has 1 aromatic carbocycles. The lowest BCUT2D eigenvalue weighted by molar-refractivity contribution is -0.138. The molecule has 1 saturated heterocycles. The lowest BCUT2D eigenvalue weighted by atomic mass is 9.95. The summed E-state index contributed by atoms with van der Waals surface area (Å²) in [5.41, 5.74) is 2.52. The highest BCUT2D eigenvalue weighted by molar-refractivity contribution is 7.12. The second kappa shape index (κ2) is 8.70. The van der Waals surface area contributed by atoms with Crippen LogP contribution in [0.25, 0.3) is 0 Å². The highest BCUT2D eigenvalue weighted by atomic mass is 32.1. The van der Waals surface area contributed by atoms with E-state index in [2.05, 4.69) is 43.0 Å². The summed E-state index contributed by atoms with van der Waals surface area (Å²) < 4.78 is 0. The maximum atomic E-state index is 13.4. The summed E-state index contributed by atoms with van der Waals surface area (Å²) in [6, 6.07) is 12.8. The number of hydrogen-bond donors (Lipinski definition) is 0. The molecule has 1 aromatic heterocycles. The van der Waals surface area contributed by atoms with Gasteiger partial charge in [0.15, 0.2) is 0 Å². The number of hydrogen-bond acceptors (Lipinski definition) is 3. The van der Waals surface area contributed by atoms with E-state index >= 15 is 0 Å². The zero-order valence-corrected chi connectivity index (χ0v) is 18.2. The molecule has 2 aliphatic rings. The van der Waals surface area contributed by atoms with Crippen molar-refractivity contribution in [1.29, 1.82) is 0 Å². The van der Waals surface area contributed by atoms with Gasteiger partial charge in [-0.1, -0.05) is 44.2 Å². The fraction of sp³-hybridized carbons (Fsp3) is 0.500. The largest absolute Gasteiger partial charge is 0.337 e. The molecule has 2 heterocycles. The van der Waals surface area contributed by atoms with Crippen molar-refractivity contribution in [1.82, 2.24) is 9.80 Å². The number of nitrogens with zero attached hydrogens (tertiary/aromatic N) is 2. The number of carbonyl (C=O) groups excluding carboxylic acids is 2. The van der Waals surface area contributed by atoms with Gasteiger partial charge in [-0.05, 0) is 54.2 Å². The molecule has 0 bridgehead atoms. The van der Waals surface area contributed by atoms with Crippen LogP contribution in [0.3, 0.4) is 0 Å². The maximum Gasteiger partial charge on any atom is 0.263 e. The van der Waals surface area contributed by atoms with Gasteiger partial charge in [-0.25, -0.2) is 0 Å². The molecule has 2 amide bonds. The van der Waals surface area contributed by atoms with E-state index in [0.717, 1.165) is 37.1 Å². The predicted octanol–water partition coefficient (Wildman–Crippen LogP) is 4.91. The fourth-order valence-corrected chi connectivity index (χ4v) is 4.82. The highest BCUT2D eigenvalue weighted by Gasteiger charge is 2.38. The van der Waals surface area contributed by atoms with Crippen LogP contribution in [-0.4, -0.2) is 40.7 Å². The molecule has 0 radical (unpaired) electrons. The van der Waals surface area contributed by atoms with Gasteiger partial charge in [0.2, 0.25) is 5.91 Å². The third-order valence-corrected chi connectivity index (χ3v) is 6.92. The molecule has 0 spiro atoms. The zero-order valence-electron chi connectivity index (χ0n) is 17.3. The number of benzene rings is 1. The van der Waals surface area contributed by atoms with Gasteiger partial charge in [0.25, 0.3) is 5.91 Å². The monoisotopic (exact) mass is 410 g/mol. The Morgan fingerprint density at radius 1 is 1.14 bits per heavy atom. The molecule has 1 aliphatic heterocycles. The Labute approximate surface area is 177 Å². The first-order valence-electron chi connectivity index (χ1n) is 10.7. The first-order chi connectivity index (χ1) is 14.0. The average Bonchev–Trinajstić information content (AvgIpc) is 3.44. The van der Waals surface area contributed by atoms with Gasteiger partial charge in [-0.3, -0.25) is 9.59 Å². The highest BCUT2D eigenvalue weighted by Crippen LogP contribution is 2.32. The lowest BCUT2D eigenvalue weighted by Crippen LogP contribution is -2.47. The summed E-state index contributed by atoms with van der Waals surface area (Å²) in [4.78, 5) is 30.9. The van der Waals surface area contributed by atoms with Crippen LogP contribution in [0.4, 0.5) is 0 Å². The molecular weight excluding hydrogens is 380 g/mol. The van der Waals surface area contributed by atoms with Crippen molar-refractivity contribution in [2.24, 2.45) is 5.92 Å². The van der Waals surface area contributed by atoms with Gasteiger partial charge in [0.1, 0.15) is 0 Å². The number of thiophene rings is 1. The number of amides is 2. The van der Waals surface area contributed by atoms with Gasteiger partial charge in [-0.2, -0.15) is 0 Å². The molecule has 1 saturated carbocycles. The van der Waals surface area contributed by atoms with E-state index in [4.69, 9.17) is 0 Å². The topological polar surface area (TPSA) is 40.6 Å². The molecule has 2 aromatic rings. The molecule has 5 heteroatoms. The van der Waals surface area contributed by atoms with Crippen LogP contribution in [0.1, 0.15) is 66.2 Å². The van der Waals surface area contributed by atoms with E-state index in [0.29, 0.717) is 25.0 Å². The molecular formula is C24H30N2O2S. The summed E-state index contributed by atoms with van der Waals surface area (Å²) in [6.07, 6.45) is 3.97. The second-order valence-electron chi connectivity index (χ2n) is 8.66. The minimum absolute atomic E-state index is 0.0692. The van der Waals surface area contributed by atoms with Crippen molar-refractivity contribution >= 4 is 23.2 Å². The average molecular weight is 411 g/mol. The van der Waals surface area contributed by atoms with Crippen LogP contribution < -0.4 is 0 Å². The van der Waals surface area contributed by atoms with E-state index in [1.807, 2.05) is 22.4 Å². The molecule has 0 N–H and O–H groups in total. The molecule has 2 fully saturated rings. The van der Waals surface area contributed by atoms with Crippen LogP contribution in [0.2, 0.25) is 0 Å². The van der Waals surface area contributed by atoms with Crippen LogP contribution in [0.5, 0.6) is 0 Å².